The minimum Gasteiger partial charge on any atom is -0.334 e. The Morgan fingerprint density at radius 2 is 1.96 bits per heavy atom. The van der Waals surface area contributed by atoms with E-state index in [0.717, 1.165) is 25.0 Å². The summed E-state index contributed by atoms with van der Waals surface area (Å²) in [7, 11) is 0. The van der Waals surface area contributed by atoms with Crippen LogP contribution >= 0.6 is 15.9 Å². The molecule has 0 N–H and O–H groups in total. The highest BCUT2D eigenvalue weighted by Crippen LogP contribution is 2.53. The quantitative estimate of drug-likeness (QED) is 0.671. The van der Waals surface area contributed by atoms with Crippen molar-refractivity contribution in [1.82, 2.24) is 4.90 Å². The summed E-state index contributed by atoms with van der Waals surface area (Å²) < 4.78 is 43.8. The van der Waals surface area contributed by atoms with Crippen molar-refractivity contribution in [3.05, 3.63) is 34.1 Å². The first kappa shape index (κ1) is 17.8. The Balaban J connectivity index is 1.91. The normalized spacial score (nSPS) is 29.0. The van der Waals surface area contributed by atoms with Gasteiger partial charge in [-0.1, -0.05) is 36.7 Å². The lowest BCUT2D eigenvalue weighted by atomic mass is 9.65. The summed E-state index contributed by atoms with van der Waals surface area (Å²) in [6, 6.07) is 3.07. The molecule has 0 aromatic heterocycles. The van der Waals surface area contributed by atoms with Crippen molar-refractivity contribution in [2.24, 2.45) is 10.8 Å². The molecule has 2 unspecified atom stereocenters. The molecule has 24 heavy (non-hydrogen) atoms. The number of benzene rings is 1. The number of halogens is 4. The molecule has 0 spiro atoms. The van der Waals surface area contributed by atoms with Gasteiger partial charge in [0.2, 0.25) is 0 Å². The summed E-state index contributed by atoms with van der Waals surface area (Å²) in [4.78, 5) is 13.9. The summed E-state index contributed by atoms with van der Waals surface area (Å²) in [6.07, 6.45) is 2.34. The van der Waals surface area contributed by atoms with E-state index in [1.807, 2.05) is 6.92 Å². The van der Waals surface area contributed by atoms with Crippen molar-refractivity contribution >= 4 is 21.8 Å². The lowest BCUT2D eigenvalue weighted by molar-refractivity contribution is -0.160. The highest BCUT2D eigenvalue weighted by molar-refractivity contribution is 9.10. The zero-order valence-electron chi connectivity index (χ0n) is 14.0. The van der Waals surface area contributed by atoms with E-state index >= 15 is 0 Å². The van der Waals surface area contributed by atoms with Crippen LogP contribution in [0.2, 0.25) is 0 Å². The molecular formula is C18H21BrF3NO. The molecule has 2 fully saturated rings. The van der Waals surface area contributed by atoms with E-state index in [0.29, 0.717) is 17.4 Å². The van der Waals surface area contributed by atoms with Gasteiger partial charge in [0.05, 0.1) is 5.56 Å². The Morgan fingerprint density at radius 3 is 2.58 bits per heavy atom. The van der Waals surface area contributed by atoms with Gasteiger partial charge in [-0.15, -0.1) is 0 Å². The fourth-order valence-corrected chi connectivity index (χ4v) is 5.07. The van der Waals surface area contributed by atoms with Crippen LogP contribution in [0.4, 0.5) is 13.2 Å². The molecule has 1 aromatic carbocycles. The molecule has 1 saturated heterocycles. The number of likely N-dealkylation sites (tertiary alicyclic amines) is 1. The Labute approximate surface area is 148 Å². The summed E-state index contributed by atoms with van der Waals surface area (Å²) in [5.41, 5.74) is -0.983. The molecule has 2 aliphatic rings. The lowest BCUT2D eigenvalue weighted by Gasteiger charge is -2.39. The first-order valence-electron chi connectivity index (χ1n) is 8.08. The zero-order valence-corrected chi connectivity index (χ0v) is 15.6. The highest BCUT2D eigenvalue weighted by Gasteiger charge is 2.56. The number of hydrogen-bond acceptors (Lipinski definition) is 1. The van der Waals surface area contributed by atoms with E-state index in [-0.39, 0.29) is 16.9 Å². The number of alkyl halides is 2. The molecule has 3 rings (SSSR count). The topological polar surface area (TPSA) is 20.3 Å². The molecule has 2 bridgehead atoms. The Morgan fingerprint density at radius 1 is 1.29 bits per heavy atom. The summed E-state index contributed by atoms with van der Waals surface area (Å²) in [5.74, 6) is -6.21. The monoisotopic (exact) mass is 403 g/mol. The number of nitrogens with zero attached hydrogens (tertiary/aromatic N) is 1. The van der Waals surface area contributed by atoms with E-state index in [9.17, 15) is 18.0 Å². The summed E-state index contributed by atoms with van der Waals surface area (Å²) in [6.45, 7) is 6.58. The van der Waals surface area contributed by atoms with Crippen LogP contribution in [-0.2, 0) is 10.7 Å². The van der Waals surface area contributed by atoms with Gasteiger partial charge in [-0.2, -0.15) is 8.78 Å². The van der Waals surface area contributed by atoms with Gasteiger partial charge >= 0.3 is 5.92 Å². The standard InChI is InChI=1S/C18H21BrF3NO/c1-16(2)7-12-8-17(3,9-16)10-23(12)15(24)18(21,22)13-5-4-11(19)6-14(13)20/h4-6,12H,7-10H2,1-3H3. The van der Waals surface area contributed by atoms with Gasteiger partial charge in [-0.05, 0) is 48.3 Å². The molecule has 1 aromatic rings. The molecule has 1 amide bonds. The van der Waals surface area contributed by atoms with Crippen LogP contribution in [0.5, 0.6) is 0 Å². The predicted molar refractivity (Wildman–Crippen MR) is 89.2 cm³/mol. The van der Waals surface area contributed by atoms with Crippen molar-refractivity contribution in [3.8, 4) is 0 Å². The second-order valence-corrected chi connectivity index (χ2v) is 9.26. The Hall–Kier alpha value is -1.04. The number of rotatable bonds is 2. The fourth-order valence-electron chi connectivity index (χ4n) is 4.74. The van der Waals surface area contributed by atoms with E-state index < -0.39 is 23.2 Å². The SMILES string of the molecule is CC1(C)CC2CC(C)(CN2C(=O)C(F)(F)c2ccc(Br)cc2F)C1. The number of amides is 1. The Kier molecular flexibility index (Phi) is 4.06. The number of carbonyl (C=O) groups excluding carboxylic acids is 1. The zero-order chi connectivity index (χ0) is 17.9. The van der Waals surface area contributed by atoms with Crippen LogP contribution in [-0.4, -0.2) is 23.4 Å². The minimum absolute atomic E-state index is 0.0187. The molecule has 1 heterocycles. The van der Waals surface area contributed by atoms with Crippen LogP contribution in [0.1, 0.15) is 45.6 Å². The number of carbonyl (C=O) groups is 1. The van der Waals surface area contributed by atoms with Crippen LogP contribution in [0.25, 0.3) is 0 Å². The number of fused-ring (bicyclic) bond motifs is 2. The van der Waals surface area contributed by atoms with Gasteiger partial charge in [0.15, 0.2) is 0 Å². The second kappa shape index (κ2) is 5.48. The smallest absolute Gasteiger partial charge is 0.334 e. The van der Waals surface area contributed by atoms with Crippen molar-refractivity contribution < 1.29 is 18.0 Å². The first-order valence-corrected chi connectivity index (χ1v) is 8.87. The van der Waals surface area contributed by atoms with Crippen molar-refractivity contribution in [2.75, 3.05) is 6.54 Å². The second-order valence-electron chi connectivity index (χ2n) is 8.35. The molecule has 132 valence electrons. The van der Waals surface area contributed by atoms with E-state index in [2.05, 4.69) is 29.8 Å². The Bertz CT molecular complexity index is 691. The third-order valence-electron chi connectivity index (χ3n) is 5.21. The fraction of sp³-hybridized carbons (Fsp3) is 0.611. The lowest BCUT2D eigenvalue weighted by Crippen LogP contribution is -2.45. The van der Waals surface area contributed by atoms with Gasteiger partial charge in [0, 0.05) is 17.1 Å². The maximum absolute atomic E-state index is 14.7. The molecule has 1 aliphatic carbocycles. The average molecular weight is 404 g/mol. The van der Waals surface area contributed by atoms with Crippen molar-refractivity contribution in [1.29, 1.82) is 0 Å². The molecule has 1 aliphatic heterocycles. The van der Waals surface area contributed by atoms with Crippen LogP contribution < -0.4 is 0 Å². The van der Waals surface area contributed by atoms with E-state index in [4.69, 9.17) is 0 Å². The van der Waals surface area contributed by atoms with Crippen molar-refractivity contribution in [3.63, 3.8) is 0 Å². The molecule has 2 atom stereocenters. The minimum atomic E-state index is -3.86. The van der Waals surface area contributed by atoms with Gasteiger partial charge in [0.1, 0.15) is 5.82 Å². The molecule has 1 saturated carbocycles. The summed E-state index contributed by atoms with van der Waals surface area (Å²) in [5, 5.41) is 0. The van der Waals surface area contributed by atoms with Crippen LogP contribution in [0, 0.1) is 16.6 Å². The predicted octanol–water partition coefficient (Wildman–Crippen LogP) is 5.11. The average Bonchev–Trinajstić information content (AvgIpc) is 2.66. The van der Waals surface area contributed by atoms with Crippen LogP contribution in [0.3, 0.4) is 0 Å². The molecule has 0 radical (unpaired) electrons. The molecular weight excluding hydrogens is 383 g/mol. The third-order valence-corrected chi connectivity index (χ3v) is 5.71. The van der Waals surface area contributed by atoms with E-state index in [1.165, 1.54) is 11.0 Å². The largest absolute Gasteiger partial charge is 0.352 e. The van der Waals surface area contributed by atoms with Crippen molar-refractivity contribution in [2.45, 2.75) is 52.0 Å². The summed E-state index contributed by atoms with van der Waals surface area (Å²) >= 11 is 3.04. The third kappa shape index (κ3) is 2.98. The van der Waals surface area contributed by atoms with Crippen LogP contribution in [0.15, 0.2) is 22.7 Å². The molecule has 6 heteroatoms. The van der Waals surface area contributed by atoms with Gasteiger partial charge in [-0.3, -0.25) is 4.79 Å². The molecule has 2 nitrogen and oxygen atoms in total. The maximum atomic E-state index is 14.7. The highest BCUT2D eigenvalue weighted by atomic mass is 79.9. The van der Waals surface area contributed by atoms with E-state index in [1.54, 1.807) is 0 Å². The first-order chi connectivity index (χ1) is 10.9. The maximum Gasteiger partial charge on any atom is 0.352 e. The van der Waals surface area contributed by atoms with Gasteiger partial charge < -0.3 is 4.90 Å². The van der Waals surface area contributed by atoms with Gasteiger partial charge in [-0.25, -0.2) is 4.39 Å². The number of hydrogen-bond donors (Lipinski definition) is 0. The van der Waals surface area contributed by atoms with Gasteiger partial charge in [0.25, 0.3) is 5.91 Å².